The zero-order chi connectivity index (χ0) is 20.1. The molecular formula is C15H16N3NaO7S2. The number of thioether (sulfide) groups is 2. The van der Waals surface area contributed by atoms with Crippen LogP contribution in [0.25, 0.3) is 0 Å². The van der Waals surface area contributed by atoms with Crippen LogP contribution >= 0.6 is 23.5 Å². The number of hydrogen-bond acceptors (Lipinski definition) is 10. The first-order valence-corrected chi connectivity index (χ1v) is 9.86. The molecule has 2 aliphatic heterocycles. The van der Waals surface area contributed by atoms with Crippen LogP contribution in [0.15, 0.2) is 11.3 Å². The molecule has 0 aromatic heterocycles. The summed E-state index contributed by atoms with van der Waals surface area (Å²) in [6.45, 7) is 0.930. The van der Waals surface area contributed by atoms with E-state index >= 15 is 0 Å². The number of hydrogen-bond donors (Lipinski definition) is 0. The van der Waals surface area contributed by atoms with E-state index in [1.807, 2.05) is 6.07 Å². The van der Waals surface area contributed by atoms with Gasteiger partial charge in [0.25, 0.3) is 11.8 Å². The Morgan fingerprint density at radius 2 is 2.14 bits per heavy atom. The normalized spacial score (nSPS) is 20.3. The molecule has 146 valence electrons. The molecule has 1 unspecified atom stereocenters. The third-order valence-electron chi connectivity index (χ3n) is 3.75. The number of β-lactam (4-membered cyclic amide) rings is 1. The van der Waals surface area contributed by atoms with Crippen molar-refractivity contribution in [3.63, 3.8) is 0 Å². The zero-order valence-corrected chi connectivity index (χ0v) is 19.1. The fourth-order valence-electron chi connectivity index (χ4n) is 2.65. The molecule has 0 aliphatic carbocycles. The molecule has 2 amide bonds. The summed E-state index contributed by atoms with van der Waals surface area (Å²) in [4.78, 5) is 53.4. The second-order valence-corrected chi connectivity index (χ2v) is 7.52. The molecule has 1 saturated heterocycles. The van der Waals surface area contributed by atoms with E-state index in [-0.39, 0.29) is 64.7 Å². The van der Waals surface area contributed by atoms with Crippen molar-refractivity contribution in [2.75, 3.05) is 31.0 Å². The molecule has 0 aromatic rings. The molecular weight excluding hydrogens is 421 g/mol. The number of amides is 2. The Balaban J connectivity index is 0.00000392. The quantitative estimate of drug-likeness (QED) is 0.120. The first-order valence-electron chi connectivity index (χ1n) is 7.65. The van der Waals surface area contributed by atoms with Crippen LogP contribution in [0, 0.1) is 11.3 Å². The van der Waals surface area contributed by atoms with Crippen LogP contribution in [0.1, 0.15) is 6.92 Å². The minimum Gasteiger partial charge on any atom is -0.543 e. The van der Waals surface area contributed by atoms with Crippen LogP contribution in [-0.2, 0) is 28.8 Å². The number of nitriles is 1. The standard InChI is InChI=1S/C15H17N3O7S2.Na/c1-8(19)25-5-9-6-27-14-12(13(21)17(14)11(9)15(22)23)18(24-2)10(20)7-26-4-3-16;/h12,14H,4-7H2,1-2H3,(H,22,23);/q;+1/p-1/t12?,14-;/m1./s1. The summed E-state index contributed by atoms with van der Waals surface area (Å²) in [5.41, 5.74) is -0.0956. The second kappa shape index (κ2) is 11.1. The molecule has 0 N–H and O–H groups in total. The van der Waals surface area contributed by atoms with Crippen molar-refractivity contribution in [3.05, 3.63) is 11.3 Å². The molecule has 2 rings (SSSR count). The number of fused-ring (bicyclic) bond motifs is 1. The number of carbonyl (C=O) groups excluding carboxylic acids is 4. The fraction of sp³-hybridized carbons (Fsp3) is 0.533. The SMILES string of the molecule is CON(C(=O)CSCC#N)C1C(=O)N2C(C(=O)[O-])=C(COC(C)=O)CS[C@H]12.[Na+]. The van der Waals surface area contributed by atoms with E-state index in [0.717, 1.165) is 21.7 Å². The molecule has 1 fully saturated rings. The first kappa shape index (κ1) is 24.8. The first-order chi connectivity index (χ1) is 12.8. The Labute approximate surface area is 191 Å². The summed E-state index contributed by atoms with van der Waals surface area (Å²) in [6.07, 6.45) is 0. The maximum absolute atomic E-state index is 12.6. The maximum Gasteiger partial charge on any atom is 1.00 e. The molecule has 0 radical (unpaired) electrons. The summed E-state index contributed by atoms with van der Waals surface area (Å²) < 4.78 is 4.84. The van der Waals surface area contributed by atoms with Gasteiger partial charge in [-0.25, -0.2) is 5.06 Å². The Bertz CT molecular complexity index is 740. The van der Waals surface area contributed by atoms with Gasteiger partial charge in [0.05, 0.1) is 36.4 Å². The largest absolute Gasteiger partial charge is 1.00 e. The maximum atomic E-state index is 12.6. The van der Waals surface area contributed by atoms with Gasteiger partial charge in [0.1, 0.15) is 12.0 Å². The summed E-state index contributed by atoms with van der Waals surface area (Å²) >= 11 is 2.30. The number of hydroxylamine groups is 2. The van der Waals surface area contributed by atoms with Crippen LogP contribution in [0.4, 0.5) is 0 Å². The number of esters is 1. The van der Waals surface area contributed by atoms with Crippen molar-refractivity contribution in [1.82, 2.24) is 9.96 Å². The monoisotopic (exact) mass is 437 g/mol. The van der Waals surface area contributed by atoms with E-state index in [1.165, 1.54) is 25.8 Å². The van der Waals surface area contributed by atoms with E-state index in [2.05, 4.69) is 0 Å². The van der Waals surface area contributed by atoms with Gasteiger partial charge in [-0.05, 0) is 0 Å². The van der Waals surface area contributed by atoms with Crippen LogP contribution < -0.4 is 34.7 Å². The minimum atomic E-state index is -1.56. The Morgan fingerprint density at radius 1 is 1.46 bits per heavy atom. The summed E-state index contributed by atoms with van der Waals surface area (Å²) in [5, 5.41) is 20.3. The fourth-order valence-corrected chi connectivity index (χ4v) is 4.51. The molecule has 2 atom stereocenters. The predicted molar refractivity (Wildman–Crippen MR) is 92.3 cm³/mol. The van der Waals surface area contributed by atoms with E-state index in [4.69, 9.17) is 14.8 Å². The second-order valence-electron chi connectivity index (χ2n) is 5.43. The minimum absolute atomic E-state index is 0. The van der Waals surface area contributed by atoms with Gasteiger partial charge in [-0.2, -0.15) is 5.26 Å². The summed E-state index contributed by atoms with van der Waals surface area (Å²) in [5.74, 6) is -3.02. The van der Waals surface area contributed by atoms with E-state index in [0.29, 0.717) is 0 Å². The van der Waals surface area contributed by atoms with Gasteiger partial charge in [-0.15, -0.1) is 23.5 Å². The number of nitrogens with zero attached hydrogens (tertiary/aromatic N) is 3. The summed E-state index contributed by atoms with van der Waals surface area (Å²) in [7, 11) is 1.23. The molecule has 0 bridgehead atoms. The van der Waals surface area contributed by atoms with Gasteiger partial charge in [0.2, 0.25) is 0 Å². The van der Waals surface area contributed by atoms with Gasteiger partial charge in [0.15, 0.2) is 6.04 Å². The molecule has 2 heterocycles. The predicted octanol–water partition coefficient (Wildman–Crippen LogP) is -4.51. The van der Waals surface area contributed by atoms with Crippen molar-refractivity contribution in [2.24, 2.45) is 0 Å². The number of ether oxygens (including phenoxy) is 1. The number of carboxylic acid groups (broad SMARTS) is 1. The van der Waals surface area contributed by atoms with E-state index in [1.54, 1.807) is 0 Å². The average molecular weight is 437 g/mol. The number of aliphatic carboxylic acids is 1. The van der Waals surface area contributed by atoms with Crippen LogP contribution in [0.3, 0.4) is 0 Å². The molecule has 0 aromatic carbocycles. The van der Waals surface area contributed by atoms with Crippen molar-refractivity contribution in [1.29, 1.82) is 5.26 Å². The van der Waals surface area contributed by atoms with Crippen molar-refractivity contribution < 1.29 is 63.4 Å². The molecule has 10 nitrogen and oxygen atoms in total. The zero-order valence-electron chi connectivity index (χ0n) is 15.5. The van der Waals surface area contributed by atoms with Gasteiger partial charge in [-0.3, -0.25) is 24.1 Å². The molecule has 28 heavy (non-hydrogen) atoms. The number of rotatable bonds is 8. The third kappa shape index (κ3) is 5.22. The number of carbonyl (C=O) groups is 4. The number of carboxylic acids is 1. The average Bonchev–Trinajstić information content (AvgIpc) is 2.63. The Kier molecular flexibility index (Phi) is 9.82. The molecule has 0 saturated carbocycles. The van der Waals surface area contributed by atoms with Crippen LogP contribution in [-0.4, -0.2) is 76.1 Å². The molecule has 0 spiro atoms. The smallest absolute Gasteiger partial charge is 0.543 e. The molecule has 2 aliphatic rings. The Hall–Kier alpha value is -1.23. The van der Waals surface area contributed by atoms with Gasteiger partial charge >= 0.3 is 35.5 Å². The molecule has 13 heteroatoms. The van der Waals surface area contributed by atoms with E-state index < -0.39 is 35.2 Å². The van der Waals surface area contributed by atoms with Gasteiger partial charge in [-0.1, -0.05) is 0 Å². The van der Waals surface area contributed by atoms with Crippen LogP contribution in [0.5, 0.6) is 0 Å². The topological polar surface area (TPSA) is 140 Å². The third-order valence-corrected chi connectivity index (χ3v) is 5.86. The summed E-state index contributed by atoms with van der Waals surface area (Å²) in [6, 6.07) is 0.906. The Morgan fingerprint density at radius 3 is 2.68 bits per heavy atom. The van der Waals surface area contributed by atoms with Crippen molar-refractivity contribution in [2.45, 2.75) is 18.3 Å². The van der Waals surface area contributed by atoms with Gasteiger partial charge in [0, 0.05) is 18.2 Å². The van der Waals surface area contributed by atoms with Crippen LogP contribution in [0.2, 0.25) is 0 Å². The van der Waals surface area contributed by atoms with Crippen molar-refractivity contribution in [3.8, 4) is 6.07 Å². The van der Waals surface area contributed by atoms with E-state index in [9.17, 15) is 24.3 Å². The van der Waals surface area contributed by atoms with Gasteiger partial charge < -0.3 is 14.6 Å². The van der Waals surface area contributed by atoms with Crippen molar-refractivity contribution >= 4 is 47.3 Å².